The van der Waals surface area contributed by atoms with Gasteiger partial charge in [0.25, 0.3) is 5.91 Å². The maximum absolute atomic E-state index is 12.1. The molecule has 1 atom stereocenters. The number of hydrogen-bond donors (Lipinski definition) is 0. The predicted octanol–water partition coefficient (Wildman–Crippen LogP) is 2.03. The fraction of sp³-hybridized carbons (Fsp3) is 0.643. The number of hydrogen-bond acceptors (Lipinski definition) is 5. The van der Waals surface area contributed by atoms with E-state index in [1.165, 1.54) is 0 Å². The number of esters is 1. The Hall–Kier alpha value is -1.85. The van der Waals surface area contributed by atoms with Gasteiger partial charge in [-0.1, -0.05) is 6.08 Å². The first-order chi connectivity index (χ1) is 9.21. The van der Waals surface area contributed by atoms with Crippen LogP contribution in [0.4, 0.5) is 4.79 Å². The molecule has 2 amide bonds. The topological polar surface area (TPSA) is 72.9 Å². The second-order valence-electron chi connectivity index (χ2n) is 5.44. The van der Waals surface area contributed by atoms with Crippen LogP contribution in [0.3, 0.4) is 0 Å². The summed E-state index contributed by atoms with van der Waals surface area (Å²) in [7, 11) is 0. The molecule has 0 spiro atoms. The van der Waals surface area contributed by atoms with Gasteiger partial charge in [-0.2, -0.15) is 0 Å². The maximum atomic E-state index is 12.1. The van der Waals surface area contributed by atoms with Gasteiger partial charge in [-0.15, -0.1) is 0 Å². The summed E-state index contributed by atoms with van der Waals surface area (Å²) in [4.78, 5) is 37.0. The number of rotatable bonds is 2. The van der Waals surface area contributed by atoms with Crippen molar-refractivity contribution >= 4 is 18.0 Å². The molecule has 1 aliphatic rings. The second-order valence-corrected chi connectivity index (χ2v) is 5.44. The van der Waals surface area contributed by atoms with Crippen LogP contribution in [-0.2, 0) is 19.1 Å². The minimum Gasteiger partial charge on any atom is -0.464 e. The lowest BCUT2D eigenvalue weighted by molar-refractivity contribution is -0.150. The predicted molar refractivity (Wildman–Crippen MR) is 71.9 cm³/mol. The lowest BCUT2D eigenvalue weighted by Crippen LogP contribution is -2.46. The smallest absolute Gasteiger partial charge is 0.418 e. The monoisotopic (exact) mass is 283 g/mol. The van der Waals surface area contributed by atoms with Crippen LogP contribution in [0.2, 0.25) is 0 Å². The average molecular weight is 283 g/mol. The molecule has 0 radical (unpaired) electrons. The molecule has 6 heteroatoms. The Bertz CT molecular complexity index is 447. The van der Waals surface area contributed by atoms with Crippen molar-refractivity contribution in [3.8, 4) is 0 Å². The largest absolute Gasteiger partial charge is 0.464 e. The van der Waals surface area contributed by atoms with Crippen molar-refractivity contribution in [2.45, 2.75) is 52.7 Å². The van der Waals surface area contributed by atoms with Crippen molar-refractivity contribution in [3.05, 3.63) is 11.6 Å². The van der Waals surface area contributed by atoms with E-state index in [4.69, 9.17) is 9.47 Å². The molecule has 20 heavy (non-hydrogen) atoms. The summed E-state index contributed by atoms with van der Waals surface area (Å²) < 4.78 is 10.1. The van der Waals surface area contributed by atoms with Crippen molar-refractivity contribution < 1.29 is 23.9 Å². The number of allylic oxidation sites excluding steroid dienone is 1. The van der Waals surface area contributed by atoms with Crippen molar-refractivity contribution in [2.75, 3.05) is 6.61 Å². The van der Waals surface area contributed by atoms with Crippen molar-refractivity contribution in [3.63, 3.8) is 0 Å². The molecule has 0 aromatic carbocycles. The highest BCUT2D eigenvalue weighted by Crippen LogP contribution is 2.27. The van der Waals surface area contributed by atoms with Gasteiger partial charge in [-0.3, -0.25) is 4.79 Å². The highest BCUT2D eigenvalue weighted by molar-refractivity contribution is 6.08. The molecule has 0 saturated carbocycles. The minimum atomic E-state index is -0.941. The van der Waals surface area contributed by atoms with E-state index in [1.54, 1.807) is 40.7 Å². The molecule has 1 fully saturated rings. The van der Waals surface area contributed by atoms with Gasteiger partial charge in [-0.05, 0) is 34.6 Å². The Morgan fingerprint density at radius 2 is 2.00 bits per heavy atom. The second kappa shape index (κ2) is 6.07. The summed E-state index contributed by atoms with van der Waals surface area (Å²) in [5, 5.41) is 0. The molecule has 1 aliphatic heterocycles. The van der Waals surface area contributed by atoms with Crippen molar-refractivity contribution in [2.24, 2.45) is 0 Å². The molecule has 0 aromatic heterocycles. The number of ether oxygens (including phenoxy) is 2. The van der Waals surface area contributed by atoms with Gasteiger partial charge in [0.1, 0.15) is 11.6 Å². The van der Waals surface area contributed by atoms with Gasteiger partial charge in [0.05, 0.1) is 6.61 Å². The van der Waals surface area contributed by atoms with Crippen LogP contribution in [0.15, 0.2) is 11.6 Å². The zero-order chi connectivity index (χ0) is 15.5. The fourth-order valence-electron chi connectivity index (χ4n) is 1.87. The van der Waals surface area contributed by atoms with E-state index in [9.17, 15) is 14.4 Å². The van der Waals surface area contributed by atoms with E-state index in [-0.39, 0.29) is 13.0 Å². The molecule has 1 saturated heterocycles. The zero-order valence-electron chi connectivity index (χ0n) is 12.6. The minimum absolute atomic E-state index is 0.160. The van der Waals surface area contributed by atoms with Gasteiger partial charge < -0.3 is 9.47 Å². The average Bonchev–Trinajstić information content (AvgIpc) is 2.64. The highest BCUT2D eigenvalue weighted by atomic mass is 16.6. The van der Waals surface area contributed by atoms with Crippen LogP contribution < -0.4 is 0 Å². The van der Waals surface area contributed by atoms with Gasteiger partial charge in [0, 0.05) is 12.0 Å². The van der Waals surface area contributed by atoms with Gasteiger partial charge in [0.15, 0.2) is 0 Å². The normalized spacial score (nSPS) is 21.2. The Balaban J connectivity index is 3.01. The SMILES string of the molecule is C/C=C1/C[C@@H](C(=O)OCC)N(C(=O)OC(C)(C)C)C1=O. The number of carbonyl (C=O) groups excluding carboxylic acids is 3. The molecule has 0 N–H and O–H groups in total. The lowest BCUT2D eigenvalue weighted by atomic mass is 10.1. The summed E-state index contributed by atoms with van der Waals surface area (Å²) in [5.74, 6) is -1.09. The molecule has 1 rings (SSSR count). The number of carbonyl (C=O) groups is 3. The molecule has 0 bridgehead atoms. The Labute approximate surface area is 118 Å². The van der Waals surface area contributed by atoms with Gasteiger partial charge in [0.2, 0.25) is 0 Å². The number of amides is 2. The van der Waals surface area contributed by atoms with Crippen LogP contribution in [-0.4, -0.2) is 41.1 Å². The van der Waals surface area contributed by atoms with E-state index in [0.717, 1.165) is 4.90 Å². The summed E-state index contributed by atoms with van der Waals surface area (Å²) in [6.45, 7) is 8.64. The Morgan fingerprint density at radius 3 is 2.45 bits per heavy atom. The van der Waals surface area contributed by atoms with E-state index in [2.05, 4.69) is 0 Å². The third kappa shape index (κ3) is 3.59. The van der Waals surface area contributed by atoms with Crippen LogP contribution in [0.25, 0.3) is 0 Å². The highest BCUT2D eigenvalue weighted by Gasteiger charge is 2.45. The van der Waals surface area contributed by atoms with E-state index < -0.39 is 29.6 Å². The molecule has 0 aliphatic carbocycles. The first kappa shape index (κ1) is 16.2. The Kier molecular flexibility index (Phi) is 4.92. The maximum Gasteiger partial charge on any atom is 0.418 e. The van der Waals surface area contributed by atoms with Crippen molar-refractivity contribution in [1.82, 2.24) is 4.90 Å². The number of imide groups is 1. The molecule has 0 unspecified atom stereocenters. The first-order valence-electron chi connectivity index (χ1n) is 6.59. The van der Waals surface area contributed by atoms with E-state index >= 15 is 0 Å². The van der Waals surface area contributed by atoms with Crippen LogP contribution in [0.5, 0.6) is 0 Å². The summed E-state index contributed by atoms with van der Waals surface area (Å²) in [6.07, 6.45) is 0.934. The van der Waals surface area contributed by atoms with Crippen molar-refractivity contribution in [1.29, 1.82) is 0 Å². The third-order valence-electron chi connectivity index (χ3n) is 2.72. The zero-order valence-corrected chi connectivity index (χ0v) is 12.6. The molecule has 6 nitrogen and oxygen atoms in total. The number of nitrogens with zero attached hydrogens (tertiary/aromatic N) is 1. The fourth-order valence-corrected chi connectivity index (χ4v) is 1.87. The van der Waals surface area contributed by atoms with Crippen LogP contribution in [0, 0.1) is 0 Å². The lowest BCUT2D eigenvalue weighted by Gasteiger charge is -2.26. The molecular weight excluding hydrogens is 262 g/mol. The standard InChI is InChI=1S/C14H21NO5/c1-6-9-8-10(12(17)19-7-2)15(11(9)16)13(18)20-14(3,4)5/h6,10H,7-8H2,1-5H3/b9-6-/t10-/m0/s1. The van der Waals surface area contributed by atoms with Crippen LogP contribution in [0.1, 0.15) is 41.0 Å². The van der Waals surface area contributed by atoms with Crippen LogP contribution >= 0.6 is 0 Å². The quantitative estimate of drug-likeness (QED) is 0.572. The van der Waals surface area contributed by atoms with Gasteiger partial charge >= 0.3 is 12.1 Å². The Morgan fingerprint density at radius 1 is 1.40 bits per heavy atom. The summed E-state index contributed by atoms with van der Waals surface area (Å²) in [5.41, 5.74) is -0.330. The number of likely N-dealkylation sites (tertiary alicyclic amines) is 1. The molecule has 1 heterocycles. The first-order valence-corrected chi connectivity index (χ1v) is 6.59. The summed E-state index contributed by atoms with van der Waals surface area (Å²) in [6, 6.07) is -0.941. The van der Waals surface area contributed by atoms with E-state index in [0.29, 0.717) is 5.57 Å². The molecule has 0 aromatic rings. The van der Waals surface area contributed by atoms with Gasteiger partial charge in [-0.25, -0.2) is 14.5 Å². The third-order valence-corrected chi connectivity index (χ3v) is 2.72. The molecule has 112 valence electrons. The molecular formula is C14H21NO5. The summed E-state index contributed by atoms with van der Waals surface area (Å²) >= 11 is 0. The van der Waals surface area contributed by atoms with E-state index in [1.807, 2.05) is 0 Å².